The fourth-order valence-corrected chi connectivity index (χ4v) is 2.29. The fourth-order valence-electron chi connectivity index (χ4n) is 2.03. The van der Waals surface area contributed by atoms with Crippen molar-refractivity contribution in [3.63, 3.8) is 0 Å². The lowest BCUT2D eigenvalue weighted by molar-refractivity contribution is -0.0124. The Labute approximate surface area is 105 Å². The number of rotatable bonds is 1. The summed E-state index contributed by atoms with van der Waals surface area (Å²) in [6, 6.07) is 0. The maximum Gasteiger partial charge on any atom is 0.259 e. The van der Waals surface area contributed by atoms with Gasteiger partial charge in [-0.15, -0.1) is 0 Å². The van der Waals surface area contributed by atoms with Gasteiger partial charge in [0.15, 0.2) is 0 Å². The molecular formula is C11H16ClN3O2. The summed E-state index contributed by atoms with van der Waals surface area (Å²) in [6.45, 7) is 5.53. The van der Waals surface area contributed by atoms with Crippen LogP contribution in [-0.4, -0.2) is 46.4 Å². The monoisotopic (exact) mass is 257 g/mol. The maximum absolute atomic E-state index is 12.3. The quantitative estimate of drug-likeness (QED) is 0.761. The van der Waals surface area contributed by atoms with E-state index in [1.807, 2.05) is 6.92 Å². The molecule has 1 aromatic heterocycles. The highest BCUT2D eigenvalue weighted by Crippen LogP contribution is 2.21. The van der Waals surface area contributed by atoms with Crippen molar-refractivity contribution in [1.82, 2.24) is 14.7 Å². The second kappa shape index (κ2) is 4.66. The van der Waals surface area contributed by atoms with Crippen molar-refractivity contribution in [3.8, 4) is 0 Å². The topological polar surface area (TPSA) is 47.4 Å². The van der Waals surface area contributed by atoms with Gasteiger partial charge in [0.1, 0.15) is 5.15 Å². The molecule has 0 saturated carbocycles. The summed E-state index contributed by atoms with van der Waals surface area (Å²) >= 11 is 6.09. The van der Waals surface area contributed by atoms with Crippen LogP contribution in [0.4, 0.5) is 0 Å². The van der Waals surface area contributed by atoms with Crippen LogP contribution in [0, 0.1) is 6.92 Å². The molecule has 17 heavy (non-hydrogen) atoms. The first kappa shape index (κ1) is 12.4. The molecule has 1 saturated heterocycles. The Kier molecular flexibility index (Phi) is 3.40. The van der Waals surface area contributed by atoms with Gasteiger partial charge in [0.2, 0.25) is 0 Å². The predicted octanol–water partition coefficient (Wildman–Crippen LogP) is 1.24. The third-order valence-corrected chi connectivity index (χ3v) is 3.33. The predicted molar refractivity (Wildman–Crippen MR) is 64.3 cm³/mol. The molecule has 6 heteroatoms. The van der Waals surface area contributed by atoms with E-state index in [4.69, 9.17) is 16.3 Å². The molecule has 1 atom stereocenters. The van der Waals surface area contributed by atoms with Crippen LogP contribution in [-0.2, 0) is 11.8 Å². The number of carbonyl (C=O) groups is 1. The number of aryl methyl sites for hydroxylation is 2. The van der Waals surface area contributed by atoms with Crippen LogP contribution < -0.4 is 0 Å². The number of nitrogens with zero attached hydrogens (tertiary/aromatic N) is 3. The van der Waals surface area contributed by atoms with Gasteiger partial charge in [-0.05, 0) is 13.8 Å². The van der Waals surface area contributed by atoms with Crippen molar-refractivity contribution in [1.29, 1.82) is 0 Å². The van der Waals surface area contributed by atoms with Crippen LogP contribution in [0.5, 0.6) is 0 Å². The third-order valence-electron chi connectivity index (χ3n) is 2.89. The van der Waals surface area contributed by atoms with Crippen LogP contribution in [0.25, 0.3) is 0 Å². The summed E-state index contributed by atoms with van der Waals surface area (Å²) in [5.41, 5.74) is 1.17. The van der Waals surface area contributed by atoms with E-state index < -0.39 is 0 Å². The first-order valence-corrected chi connectivity index (χ1v) is 5.98. The highest BCUT2D eigenvalue weighted by atomic mass is 35.5. The molecule has 0 bridgehead atoms. The van der Waals surface area contributed by atoms with Crippen molar-refractivity contribution < 1.29 is 9.53 Å². The Balaban J connectivity index is 2.24. The molecule has 5 nitrogen and oxygen atoms in total. The van der Waals surface area contributed by atoms with Gasteiger partial charge in [-0.2, -0.15) is 5.10 Å². The summed E-state index contributed by atoms with van der Waals surface area (Å²) in [6.07, 6.45) is 0.0726. The van der Waals surface area contributed by atoms with E-state index in [1.54, 1.807) is 18.9 Å². The molecule has 2 rings (SSSR count). The van der Waals surface area contributed by atoms with Gasteiger partial charge in [0.05, 0.1) is 24.0 Å². The molecule has 2 heterocycles. The van der Waals surface area contributed by atoms with Crippen LogP contribution in [0.2, 0.25) is 5.15 Å². The Morgan fingerprint density at radius 1 is 1.59 bits per heavy atom. The molecule has 1 fully saturated rings. The normalized spacial score (nSPS) is 20.7. The molecule has 1 aromatic rings. The largest absolute Gasteiger partial charge is 0.375 e. The van der Waals surface area contributed by atoms with Gasteiger partial charge in [-0.25, -0.2) is 0 Å². The van der Waals surface area contributed by atoms with Crippen LogP contribution in [0.1, 0.15) is 23.0 Å². The zero-order valence-corrected chi connectivity index (χ0v) is 11.0. The second-order valence-electron chi connectivity index (χ2n) is 4.31. The number of halogens is 1. The van der Waals surface area contributed by atoms with E-state index in [0.717, 1.165) is 0 Å². The summed E-state index contributed by atoms with van der Waals surface area (Å²) in [4.78, 5) is 14.1. The minimum Gasteiger partial charge on any atom is -0.375 e. The lowest BCUT2D eigenvalue weighted by atomic mass is 10.2. The summed E-state index contributed by atoms with van der Waals surface area (Å²) < 4.78 is 6.93. The number of carbonyl (C=O) groups excluding carboxylic acids is 1. The molecule has 0 aliphatic carbocycles. The lowest BCUT2D eigenvalue weighted by Crippen LogP contribution is -2.44. The van der Waals surface area contributed by atoms with Gasteiger partial charge >= 0.3 is 0 Å². The Morgan fingerprint density at radius 3 is 2.82 bits per heavy atom. The molecule has 0 N–H and O–H groups in total. The fraction of sp³-hybridized carbons (Fsp3) is 0.636. The highest BCUT2D eigenvalue weighted by Gasteiger charge is 2.27. The van der Waals surface area contributed by atoms with E-state index >= 15 is 0 Å². The molecule has 0 aromatic carbocycles. The molecule has 1 aliphatic rings. The van der Waals surface area contributed by atoms with Gasteiger partial charge < -0.3 is 9.64 Å². The van der Waals surface area contributed by atoms with E-state index in [1.165, 1.54) is 4.68 Å². The Hall–Kier alpha value is -1.07. The molecule has 1 aliphatic heterocycles. The van der Waals surface area contributed by atoms with Crippen molar-refractivity contribution in [3.05, 3.63) is 16.4 Å². The van der Waals surface area contributed by atoms with Gasteiger partial charge in [0.25, 0.3) is 5.91 Å². The van der Waals surface area contributed by atoms with Crippen LogP contribution >= 0.6 is 11.6 Å². The van der Waals surface area contributed by atoms with E-state index in [-0.39, 0.29) is 12.0 Å². The number of amides is 1. The number of ether oxygens (including phenoxy) is 1. The summed E-state index contributed by atoms with van der Waals surface area (Å²) in [7, 11) is 1.73. The van der Waals surface area contributed by atoms with Crippen molar-refractivity contribution in [2.24, 2.45) is 7.05 Å². The third kappa shape index (κ3) is 2.30. The Bertz CT molecular complexity index is 444. The molecule has 0 radical (unpaired) electrons. The zero-order chi connectivity index (χ0) is 12.6. The number of morpholine rings is 1. The molecule has 1 unspecified atom stereocenters. The average molecular weight is 258 g/mol. The summed E-state index contributed by atoms with van der Waals surface area (Å²) in [5, 5.41) is 4.55. The van der Waals surface area contributed by atoms with E-state index in [9.17, 15) is 4.79 Å². The molecular weight excluding hydrogens is 242 g/mol. The maximum atomic E-state index is 12.3. The average Bonchev–Trinajstić information content (AvgIpc) is 2.52. The van der Waals surface area contributed by atoms with Crippen molar-refractivity contribution in [2.75, 3.05) is 19.7 Å². The smallest absolute Gasteiger partial charge is 0.259 e. The van der Waals surface area contributed by atoms with Crippen LogP contribution in [0.3, 0.4) is 0 Å². The summed E-state index contributed by atoms with van der Waals surface area (Å²) in [5.74, 6) is -0.0595. The minimum atomic E-state index is -0.0595. The minimum absolute atomic E-state index is 0.0595. The molecule has 1 amide bonds. The number of hydrogen-bond donors (Lipinski definition) is 0. The second-order valence-corrected chi connectivity index (χ2v) is 4.67. The van der Waals surface area contributed by atoms with Gasteiger partial charge in [0, 0.05) is 20.1 Å². The Morgan fingerprint density at radius 2 is 2.29 bits per heavy atom. The first-order valence-electron chi connectivity index (χ1n) is 5.60. The number of hydrogen-bond acceptors (Lipinski definition) is 3. The van der Waals surface area contributed by atoms with E-state index in [2.05, 4.69) is 5.10 Å². The number of aromatic nitrogens is 2. The van der Waals surface area contributed by atoms with E-state index in [0.29, 0.717) is 36.1 Å². The van der Waals surface area contributed by atoms with Gasteiger partial charge in [-0.3, -0.25) is 9.48 Å². The standard InChI is InChI=1S/C11H16ClN3O2/c1-7-6-15(4-5-17-7)11(16)9-8(2)13-14(3)10(9)12/h7H,4-6H2,1-3H3. The molecule has 94 valence electrons. The van der Waals surface area contributed by atoms with Crippen molar-refractivity contribution >= 4 is 17.5 Å². The first-order chi connectivity index (χ1) is 8.00. The SMILES string of the molecule is Cc1nn(C)c(Cl)c1C(=O)N1CCOC(C)C1. The lowest BCUT2D eigenvalue weighted by Gasteiger charge is -2.31. The highest BCUT2D eigenvalue weighted by molar-refractivity contribution is 6.33. The van der Waals surface area contributed by atoms with Crippen molar-refractivity contribution in [2.45, 2.75) is 20.0 Å². The molecule has 0 spiro atoms. The van der Waals surface area contributed by atoms with Gasteiger partial charge in [-0.1, -0.05) is 11.6 Å². The zero-order valence-electron chi connectivity index (χ0n) is 10.2. The van der Waals surface area contributed by atoms with Crippen LogP contribution in [0.15, 0.2) is 0 Å².